The Morgan fingerprint density at radius 1 is 1.24 bits per heavy atom. The summed E-state index contributed by atoms with van der Waals surface area (Å²) in [6, 6.07) is 9.66. The van der Waals surface area contributed by atoms with Crippen LogP contribution in [0.2, 0.25) is 0 Å². The number of nitrogens with zero attached hydrogens (tertiary/aromatic N) is 1. The van der Waals surface area contributed by atoms with E-state index in [1.807, 2.05) is 19.1 Å². The zero-order valence-corrected chi connectivity index (χ0v) is 20.0. The Hall–Kier alpha value is -3.86. The Kier molecular flexibility index (Phi) is 7.90. The summed E-state index contributed by atoms with van der Waals surface area (Å²) in [5.41, 5.74) is 2.00. The summed E-state index contributed by atoms with van der Waals surface area (Å²) >= 11 is 3.29. The second-order valence-corrected chi connectivity index (χ2v) is 8.01. The number of carboxylic acids is 1. The van der Waals surface area contributed by atoms with Crippen molar-refractivity contribution >= 4 is 51.5 Å². The summed E-state index contributed by atoms with van der Waals surface area (Å²) in [5, 5.41) is 14.0. The third-order valence-corrected chi connectivity index (χ3v) is 5.43. The molecule has 1 heterocycles. The molecule has 0 spiro atoms. The number of carbonyl (C=O) groups excluding carboxylic acids is 3. The maximum atomic E-state index is 12.8. The minimum Gasteiger partial charge on any atom is -0.493 e. The molecule has 1 fully saturated rings. The van der Waals surface area contributed by atoms with Crippen LogP contribution >= 0.6 is 15.9 Å². The standard InChI is InChI=1S/C23H22BrN3O7/c1-3-14-6-4-5-7-16(14)25-19(28)11-27-22(31)17(26-23(27)32)9-13-8-15(24)21(18(10-13)33-2)34-12-20(29)30/h4-10H,3,11-12H2,1-2H3,(H,25,28)(H,26,32)(H,29,30)/b17-9+. The van der Waals surface area contributed by atoms with Crippen molar-refractivity contribution < 1.29 is 33.8 Å². The fourth-order valence-corrected chi connectivity index (χ4v) is 3.84. The SMILES string of the molecule is CCc1ccccc1NC(=O)CN1C(=O)N/C(=C/c2cc(Br)c(OCC(=O)O)c(OC)c2)C1=O. The Bertz CT molecular complexity index is 1180. The lowest BCUT2D eigenvalue weighted by atomic mass is 10.1. The lowest BCUT2D eigenvalue weighted by Crippen LogP contribution is -2.38. The van der Waals surface area contributed by atoms with Gasteiger partial charge in [0, 0.05) is 5.69 Å². The molecule has 0 atom stereocenters. The van der Waals surface area contributed by atoms with Crippen molar-refractivity contribution in [2.24, 2.45) is 0 Å². The smallest absolute Gasteiger partial charge is 0.341 e. The number of nitrogens with one attached hydrogen (secondary N) is 2. The summed E-state index contributed by atoms with van der Waals surface area (Å²) in [4.78, 5) is 49.2. The number of imide groups is 1. The Morgan fingerprint density at radius 3 is 2.65 bits per heavy atom. The number of urea groups is 1. The molecule has 10 nitrogen and oxygen atoms in total. The molecule has 0 bridgehead atoms. The lowest BCUT2D eigenvalue weighted by molar-refractivity contribution is -0.139. The minimum absolute atomic E-state index is 0.0279. The van der Waals surface area contributed by atoms with Crippen molar-refractivity contribution in [2.75, 3.05) is 25.6 Å². The number of ether oxygens (including phenoxy) is 2. The van der Waals surface area contributed by atoms with Gasteiger partial charge >= 0.3 is 12.0 Å². The summed E-state index contributed by atoms with van der Waals surface area (Å²) in [6.07, 6.45) is 2.13. The number of aryl methyl sites for hydroxylation is 1. The number of benzene rings is 2. The topological polar surface area (TPSA) is 134 Å². The van der Waals surface area contributed by atoms with Crippen LogP contribution in [-0.4, -0.2) is 54.1 Å². The molecular weight excluding hydrogens is 510 g/mol. The maximum Gasteiger partial charge on any atom is 0.341 e. The number of carboxylic acid groups (broad SMARTS) is 1. The van der Waals surface area contributed by atoms with Crippen LogP contribution in [-0.2, 0) is 20.8 Å². The number of aliphatic carboxylic acids is 1. The van der Waals surface area contributed by atoms with Gasteiger partial charge in [-0.15, -0.1) is 0 Å². The predicted octanol–water partition coefficient (Wildman–Crippen LogP) is 3.01. The average Bonchev–Trinajstić information content (AvgIpc) is 3.05. The molecule has 3 rings (SSSR count). The molecule has 1 aliphatic heterocycles. The zero-order chi connectivity index (χ0) is 24.8. The van der Waals surface area contributed by atoms with Gasteiger partial charge in [0.25, 0.3) is 5.91 Å². The van der Waals surface area contributed by atoms with Crippen LogP contribution in [0.3, 0.4) is 0 Å². The third-order valence-electron chi connectivity index (χ3n) is 4.84. The second kappa shape index (κ2) is 10.8. The van der Waals surface area contributed by atoms with Gasteiger partial charge in [-0.25, -0.2) is 14.5 Å². The first-order valence-electron chi connectivity index (χ1n) is 10.2. The van der Waals surface area contributed by atoms with Crippen molar-refractivity contribution in [1.29, 1.82) is 0 Å². The molecule has 1 saturated heterocycles. The molecule has 0 radical (unpaired) electrons. The Labute approximate surface area is 203 Å². The molecule has 0 saturated carbocycles. The summed E-state index contributed by atoms with van der Waals surface area (Å²) in [6.45, 7) is 0.941. The third kappa shape index (κ3) is 5.73. The first-order chi connectivity index (χ1) is 16.2. The van der Waals surface area contributed by atoms with Gasteiger partial charge in [0.2, 0.25) is 5.91 Å². The highest BCUT2D eigenvalue weighted by Gasteiger charge is 2.35. The van der Waals surface area contributed by atoms with E-state index in [9.17, 15) is 19.2 Å². The number of halogens is 1. The van der Waals surface area contributed by atoms with Gasteiger partial charge in [0.1, 0.15) is 12.2 Å². The molecule has 11 heteroatoms. The molecule has 34 heavy (non-hydrogen) atoms. The highest BCUT2D eigenvalue weighted by Crippen LogP contribution is 2.37. The molecule has 178 valence electrons. The number of anilines is 1. The second-order valence-electron chi connectivity index (χ2n) is 7.15. The summed E-state index contributed by atoms with van der Waals surface area (Å²) in [5.74, 6) is -1.91. The van der Waals surface area contributed by atoms with E-state index in [2.05, 4.69) is 26.6 Å². The molecule has 0 aliphatic carbocycles. The van der Waals surface area contributed by atoms with Crippen LogP contribution in [0, 0.1) is 0 Å². The summed E-state index contributed by atoms with van der Waals surface area (Å²) in [7, 11) is 1.38. The number of methoxy groups -OCH3 is 1. The molecule has 4 amide bonds. The molecular formula is C23H22BrN3O7. The van der Waals surface area contributed by atoms with Crippen LogP contribution in [0.4, 0.5) is 10.5 Å². The van der Waals surface area contributed by atoms with Crippen molar-refractivity contribution in [1.82, 2.24) is 10.2 Å². The van der Waals surface area contributed by atoms with E-state index in [-0.39, 0.29) is 17.2 Å². The van der Waals surface area contributed by atoms with E-state index in [0.29, 0.717) is 22.1 Å². The van der Waals surface area contributed by atoms with Gasteiger partial charge in [-0.05, 0) is 57.8 Å². The number of para-hydroxylation sites is 1. The van der Waals surface area contributed by atoms with Crippen molar-refractivity contribution in [3.05, 3.63) is 57.7 Å². The average molecular weight is 532 g/mol. The van der Waals surface area contributed by atoms with E-state index in [1.165, 1.54) is 19.3 Å². The Morgan fingerprint density at radius 2 is 1.97 bits per heavy atom. The number of rotatable bonds is 9. The molecule has 1 aliphatic rings. The maximum absolute atomic E-state index is 12.8. The van der Waals surface area contributed by atoms with Gasteiger partial charge < -0.3 is 25.2 Å². The van der Waals surface area contributed by atoms with Gasteiger partial charge in [-0.3, -0.25) is 9.59 Å². The molecule has 2 aromatic rings. The molecule has 0 unspecified atom stereocenters. The first-order valence-corrected chi connectivity index (χ1v) is 11.0. The molecule has 3 N–H and O–H groups in total. The monoisotopic (exact) mass is 531 g/mol. The zero-order valence-electron chi connectivity index (χ0n) is 18.4. The van der Waals surface area contributed by atoms with Gasteiger partial charge in [0.15, 0.2) is 18.1 Å². The van der Waals surface area contributed by atoms with Gasteiger partial charge in [-0.1, -0.05) is 25.1 Å². The quantitative estimate of drug-likeness (QED) is 0.334. The Balaban J connectivity index is 1.76. The normalized spacial score (nSPS) is 14.2. The van der Waals surface area contributed by atoms with E-state index in [0.717, 1.165) is 10.5 Å². The van der Waals surface area contributed by atoms with Crippen molar-refractivity contribution in [3.8, 4) is 11.5 Å². The van der Waals surface area contributed by atoms with Crippen LogP contribution < -0.4 is 20.1 Å². The van der Waals surface area contributed by atoms with Crippen molar-refractivity contribution in [2.45, 2.75) is 13.3 Å². The van der Waals surface area contributed by atoms with E-state index < -0.39 is 37.0 Å². The fraction of sp³-hybridized carbons (Fsp3) is 0.217. The lowest BCUT2D eigenvalue weighted by Gasteiger charge is -2.14. The van der Waals surface area contributed by atoms with Crippen LogP contribution in [0.25, 0.3) is 6.08 Å². The van der Waals surface area contributed by atoms with E-state index in [1.54, 1.807) is 18.2 Å². The van der Waals surface area contributed by atoms with Crippen LogP contribution in [0.15, 0.2) is 46.6 Å². The minimum atomic E-state index is -1.15. The number of hydrogen-bond donors (Lipinski definition) is 3. The number of amides is 4. The highest BCUT2D eigenvalue weighted by atomic mass is 79.9. The fourth-order valence-electron chi connectivity index (χ4n) is 3.26. The van der Waals surface area contributed by atoms with Gasteiger partial charge in [-0.2, -0.15) is 0 Å². The largest absolute Gasteiger partial charge is 0.493 e. The van der Waals surface area contributed by atoms with E-state index in [4.69, 9.17) is 14.6 Å². The van der Waals surface area contributed by atoms with Gasteiger partial charge in [0.05, 0.1) is 11.6 Å². The molecule has 0 aromatic heterocycles. The summed E-state index contributed by atoms with van der Waals surface area (Å²) < 4.78 is 10.9. The highest BCUT2D eigenvalue weighted by molar-refractivity contribution is 9.10. The predicted molar refractivity (Wildman–Crippen MR) is 126 cm³/mol. The number of hydrogen-bond acceptors (Lipinski definition) is 6. The van der Waals surface area contributed by atoms with Crippen LogP contribution in [0.5, 0.6) is 11.5 Å². The first kappa shape index (κ1) is 24.8. The number of carbonyl (C=O) groups is 4. The van der Waals surface area contributed by atoms with E-state index >= 15 is 0 Å². The van der Waals surface area contributed by atoms with Crippen molar-refractivity contribution in [3.63, 3.8) is 0 Å². The molecule has 2 aromatic carbocycles. The van der Waals surface area contributed by atoms with Crippen LogP contribution in [0.1, 0.15) is 18.1 Å².